The molecule has 3 atom stereocenters. The number of carbonyl (C=O) groups excluding carboxylic acids is 1. The van der Waals surface area contributed by atoms with Crippen molar-refractivity contribution < 1.29 is 19.4 Å². The Hall–Kier alpha value is -3.00. The van der Waals surface area contributed by atoms with Crippen LogP contribution in [0.4, 0.5) is 5.69 Å². The van der Waals surface area contributed by atoms with E-state index < -0.39 is 0 Å². The summed E-state index contributed by atoms with van der Waals surface area (Å²) in [7, 11) is 0. The highest BCUT2D eigenvalue weighted by Crippen LogP contribution is 2.26. The highest BCUT2D eigenvalue weighted by molar-refractivity contribution is 6.06. The van der Waals surface area contributed by atoms with Gasteiger partial charge >= 0.3 is 0 Å². The van der Waals surface area contributed by atoms with Crippen molar-refractivity contribution in [3.8, 4) is 5.75 Å². The first-order valence-corrected chi connectivity index (χ1v) is 13.0. The molecule has 1 saturated carbocycles. The summed E-state index contributed by atoms with van der Waals surface area (Å²) in [6, 6.07) is 13.4. The van der Waals surface area contributed by atoms with Crippen molar-refractivity contribution >= 4 is 22.5 Å². The summed E-state index contributed by atoms with van der Waals surface area (Å²) in [5.74, 6) is 0.561. The number of hydrogen-bond acceptors (Lipinski definition) is 6. The Labute approximate surface area is 212 Å². The number of hydrogen-bond donors (Lipinski definition) is 3. The molecule has 7 heteroatoms. The van der Waals surface area contributed by atoms with Gasteiger partial charge in [0.1, 0.15) is 12.4 Å². The average molecular weight is 490 g/mol. The minimum atomic E-state index is -0.268. The molecule has 2 aromatic carbocycles. The summed E-state index contributed by atoms with van der Waals surface area (Å²) in [5.41, 5.74) is 4.19. The smallest absolute Gasteiger partial charge is 0.255 e. The molecular weight excluding hydrogens is 454 g/mol. The number of rotatable bonds is 8. The number of benzene rings is 2. The Morgan fingerprint density at radius 1 is 1.11 bits per heavy atom. The molecule has 2 heterocycles. The average Bonchev–Trinajstić information content (AvgIpc) is 3.43. The number of aliphatic hydroxyl groups excluding tert-OH is 1. The van der Waals surface area contributed by atoms with Crippen LogP contribution < -0.4 is 15.4 Å². The molecule has 0 radical (unpaired) electrons. The molecule has 0 bridgehead atoms. The highest BCUT2D eigenvalue weighted by Gasteiger charge is 2.22. The molecule has 1 aliphatic carbocycles. The Bertz CT molecular complexity index is 1190. The van der Waals surface area contributed by atoms with Gasteiger partial charge in [0, 0.05) is 42.0 Å². The van der Waals surface area contributed by atoms with Gasteiger partial charge in [-0.2, -0.15) is 0 Å². The van der Waals surface area contributed by atoms with Gasteiger partial charge in [0.25, 0.3) is 5.91 Å². The predicted molar refractivity (Wildman–Crippen MR) is 140 cm³/mol. The minimum Gasteiger partial charge on any atom is -0.491 e. The number of aromatic nitrogens is 1. The van der Waals surface area contributed by atoms with E-state index >= 15 is 0 Å². The fraction of sp³-hybridized carbons (Fsp3) is 0.448. The van der Waals surface area contributed by atoms with Crippen molar-refractivity contribution in [2.24, 2.45) is 0 Å². The lowest BCUT2D eigenvalue weighted by molar-refractivity contribution is 0.0679. The molecule has 1 aliphatic heterocycles. The Balaban J connectivity index is 1.20. The third-order valence-corrected chi connectivity index (χ3v) is 7.29. The van der Waals surface area contributed by atoms with Crippen LogP contribution in [0.1, 0.15) is 60.0 Å². The van der Waals surface area contributed by atoms with Gasteiger partial charge in [0.15, 0.2) is 0 Å². The van der Waals surface area contributed by atoms with E-state index in [9.17, 15) is 9.90 Å². The molecule has 5 rings (SSSR count). The summed E-state index contributed by atoms with van der Waals surface area (Å²) in [6.45, 7) is 3.99. The summed E-state index contributed by atoms with van der Waals surface area (Å²) < 4.78 is 11.4. The quantitative estimate of drug-likeness (QED) is 0.423. The molecule has 36 heavy (non-hydrogen) atoms. The predicted octanol–water partition coefficient (Wildman–Crippen LogP) is 4.75. The fourth-order valence-electron chi connectivity index (χ4n) is 5.09. The molecule has 1 aromatic heterocycles. The number of carbonyl (C=O) groups is 1. The Kier molecular flexibility index (Phi) is 7.80. The third kappa shape index (κ3) is 5.86. The minimum absolute atomic E-state index is 0.149. The maximum Gasteiger partial charge on any atom is 0.255 e. The second-order valence-electron chi connectivity index (χ2n) is 9.92. The monoisotopic (exact) mass is 489 g/mol. The van der Waals surface area contributed by atoms with Crippen LogP contribution in [-0.2, 0) is 11.3 Å². The summed E-state index contributed by atoms with van der Waals surface area (Å²) in [4.78, 5) is 17.6. The van der Waals surface area contributed by atoms with Crippen LogP contribution in [0.15, 0.2) is 48.7 Å². The Morgan fingerprint density at radius 2 is 1.94 bits per heavy atom. The molecule has 1 unspecified atom stereocenters. The van der Waals surface area contributed by atoms with Crippen LogP contribution in [-0.4, -0.2) is 47.5 Å². The van der Waals surface area contributed by atoms with E-state index in [0.29, 0.717) is 18.7 Å². The maximum atomic E-state index is 12.9. The first-order chi connectivity index (χ1) is 17.6. The van der Waals surface area contributed by atoms with Gasteiger partial charge in [-0.25, -0.2) is 0 Å². The summed E-state index contributed by atoms with van der Waals surface area (Å²) in [6.07, 6.45) is 8.02. The summed E-state index contributed by atoms with van der Waals surface area (Å²) in [5, 5.41) is 17.7. The molecule has 190 valence electrons. The number of aliphatic hydroxyl groups is 1. The van der Waals surface area contributed by atoms with Crippen LogP contribution in [0.2, 0.25) is 0 Å². The van der Waals surface area contributed by atoms with Gasteiger partial charge in [0.05, 0.1) is 17.7 Å². The van der Waals surface area contributed by atoms with E-state index in [2.05, 4.69) is 21.7 Å². The SMILES string of the molecule is Cc1c(NC(=O)c2ccc(OC[C@@H]3CCCO3)cc2)ccc2cc(CNC3CCCC[C@H]3O)cnc12. The topological polar surface area (TPSA) is 92.7 Å². The van der Waals surface area contributed by atoms with Crippen molar-refractivity contribution in [3.63, 3.8) is 0 Å². The van der Waals surface area contributed by atoms with Crippen LogP contribution in [0.25, 0.3) is 10.9 Å². The first kappa shape index (κ1) is 24.7. The van der Waals surface area contributed by atoms with Gasteiger partial charge in [-0.3, -0.25) is 9.78 Å². The molecule has 0 spiro atoms. The molecular formula is C29H35N3O4. The van der Waals surface area contributed by atoms with Crippen molar-refractivity contribution in [1.82, 2.24) is 10.3 Å². The molecule has 1 amide bonds. The largest absolute Gasteiger partial charge is 0.491 e. The van der Waals surface area contributed by atoms with E-state index in [1.165, 1.54) is 0 Å². The number of aryl methyl sites for hydroxylation is 1. The van der Waals surface area contributed by atoms with E-state index in [1.807, 2.05) is 37.4 Å². The van der Waals surface area contributed by atoms with E-state index in [4.69, 9.17) is 9.47 Å². The molecule has 3 aromatic rings. The lowest BCUT2D eigenvalue weighted by Crippen LogP contribution is -2.41. The molecule has 3 N–H and O–H groups in total. The first-order valence-electron chi connectivity index (χ1n) is 13.0. The zero-order valence-electron chi connectivity index (χ0n) is 20.8. The maximum absolute atomic E-state index is 12.9. The second kappa shape index (κ2) is 11.4. The van der Waals surface area contributed by atoms with Crippen LogP contribution in [0, 0.1) is 6.92 Å². The van der Waals surface area contributed by atoms with Gasteiger partial charge < -0.3 is 25.2 Å². The highest BCUT2D eigenvalue weighted by atomic mass is 16.5. The second-order valence-corrected chi connectivity index (χ2v) is 9.92. The zero-order valence-corrected chi connectivity index (χ0v) is 20.8. The Morgan fingerprint density at radius 3 is 2.72 bits per heavy atom. The lowest BCUT2D eigenvalue weighted by atomic mass is 9.92. The van der Waals surface area contributed by atoms with Gasteiger partial charge in [-0.1, -0.05) is 18.9 Å². The van der Waals surface area contributed by atoms with Gasteiger partial charge in [-0.05, 0) is 80.1 Å². The molecule has 2 fully saturated rings. The van der Waals surface area contributed by atoms with E-state index in [1.54, 1.807) is 12.1 Å². The van der Waals surface area contributed by atoms with Crippen molar-refractivity contribution in [3.05, 3.63) is 65.4 Å². The van der Waals surface area contributed by atoms with E-state index in [0.717, 1.165) is 78.6 Å². The number of ether oxygens (including phenoxy) is 2. The number of pyridine rings is 1. The number of anilines is 1. The number of fused-ring (bicyclic) bond motifs is 1. The molecule has 7 nitrogen and oxygen atoms in total. The van der Waals surface area contributed by atoms with Crippen molar-refractivity contribution in [1.29, 1.82) is 0 Å². The molecule has 2 aliphatic rings. The van der Waals surface area contributed by atoms with Crippen LogP contribution in [0.5, 0.6) is 5.75 Å². The number of nitrogens with zero attached hydrogens (tertiary/aromatic N) is 1. The third-order valence-electron chi connectivity index (χ3n) is 7.29. The van der Waals surface area contributed by atoms with Crippen LogP contribution in [0.3, 0.4) is 0 Å². The number of amides is 1. The van der Waals surface area contributed by atoms with Gasteiger partial charge in [-0.15, -0.1) is 0 Å². The molecule has 1 saturated heterocycles. The lowest BCUT2D eigenvalue weighted by Gasteiger charge is -2.28. The summed E-state index contributed by atoms with van der Waals surface area (Å²) >= 11 is 0. The number of nitrogens with one attached hydrogen (secondary N) is 2. The van der Waals surface area contributed by atoms with Gasteiger partial charge in [0.2, 0.25) is 0 Å². The van der Waals surface area contributed by atoms with E-state index in [-0.39, 0.29) is 24.2 Å². The van der Waals surface area contributed by atoms with Crippen molar-refractivity contribution in [2.45, 2.75) is 70.2 Å². The zero-order chi connectivity index (χ0) is 24.9. The fourth-order valence-corrected chi connectivity index (χ4v) is 5.09. The normalized spacial score (nSPS) is 22.0. The standard InChI is InChI=1S/C29H35N3O4/c1-19-25(32-29(34)21-8-11-23(12-9-21)36-18-24-5-4-14-35-24)13-10-22-15-20(17-31-28(19)22)16-30-26-6-2-3-7-27(26)33/h8-13,15,17,24,26-27,30,33H,2-7,14,16,18H2,1H3,(H,32,34)/t24-,26?,27+/m0/s1. The van der Waals surface area contributed by atoms with Crippen molar-refractivity contribution in [2.75, 3.05) is 18.5 Å². The van der Waals surface area contributed by atoms with Crippen LogP contribution >= 0.6 is 0 Å².